The minimum Gasteiger partial charge on any atom is -0.465 e. The molecule has 4 atom stereocenters. The maximum atomic E-state index is 13.3. The Bertz CT molecular complexity index is 1240. The van der Waals surface area contributed by atoms with Crippen LogP contribution in [0.15, 0.2) is 24.3 Å². The number of unbranched alkanes of at least 4 members (excludes halogenated alkanes) is 8. The molecule has 4 aliphatic rings. The molecule has 8 nitrogen and oxygen atoms in total. The summed E-state index contributed by atoms with van der Waals surface area (Å²) < 4.78 is 17.4. The molecule has 0 aromatic heterocycles. The molecule has 0 aromatic rings. The number of fused-ring (bicyclic) bond motifs is 2. The van der Waals surface area contributed by atoms with Crippen LogP contribution in [0.3, 0.4) is 0 Å². The van der Waals surface area contributed by atoms with Crippen LogP contribution in [0, 0.1) is 28.6 Å². The van der Waals surface area contributed by atoms with Crippen molar-refractivity contribution in [2.75, 3.05) is 52.5 Å². The molecule has 4 unspecified atom stereocenters. The second kappa shape index (κ2) is 26.9. The highest BCUT2D eigenvalue weighted by Crippen LogP contribution is 2.56. The lowest BCUT2D eigenvalue weighted by Gasteiger charge is -2.51. The zero-order valence-corrected chi connectivity index (χ0v) is 37.8. The molecule has 0 amide bonds. The molecule has 0 radical (unpaired) electrons. The summed E-state index contributed by atoms with van der Waals surface area (Å²) in [7, 11) is 0. The molecule has 2 saturated carbocycles. The normalized spacial score (nSPS) is 25.6. The van der Waals surface area contributed by atoms with E-state index < -0.39 is 0 Å². The van der Waals surface area contributed by atoms with E-state index in [9.17, 15) is 14.4 Å². The van der Waals surface area contributed by atoms with Gasteiger partial charge in [0.15, 0.2) is 0 Å². The fraction of sp³-hybridized carbons (Fsp3) is 0.860. The van der Waals surface area contributed by atoms with Gasteiger partial charge in [0.2, 0.25) is 0 Å². The molecule has 2 aliphatic carbocycles. The Kier molecular flexibility index (Phi) is 22.5. The van der Waals surface area contributed by atoms with Gasteiger partial charge in [-0.2, -0.15) is 0 Å². The zero-order valence-electron chi connectivity index (χ0n) is 37.8. The number of esters is 3. The zero-order chi connectivity index (χ0) is 41.5. The van der Waals surface area contributed by atoms with Crippen molar-refractivity contribution in [3.8, 4) is 0 Å². The summed E-state index contributed by atoms with van der Waals surface area (Å²) in [5.74, 6) is -0.269. The van der Waals surface area contributed by atoms with Gasteiger partial charge in [-0.25, -0.2) is 0 Å². The molecule has 0 N–H and O–H groups in total. The minimum atomic E-state index is -0.375. The molecule has 4 fully saturated rings. The Labute approximate surface area is 355 Å². The Morgan fingerprint density at radius 1 is 0.690 bits per heavy atom. The number of carbonyl (C=O) groups excluding carboxylic acids is 3. The van der Waals surface area contributed by atoms with E-state index in [1.807, 2.05) is 0 Å². The average Bonchev–Trinajstić information content (AvgIpc) is 3.21. The van der Waals surface area contributed by atoms with Gasteiger partial charge in [-0.05, 0) is 152 Å². The summed E-state index contributed by atoms with van der Waals surface area (Å²) in [5, 5.41) is 0. The first-order valence-corrected chi connectivity index (χ1v) is 24.3. The summed E-state index contributed by atoms with van der Waals surface area (Å²) in [6.07, 6.45) is 36.3. The van der Waals surface area contributed by atoms with E-state index in [0.29, 0.717) is 29.7 Å². The van der Waals surface area contributed by atoms with Crippen molar-refractivity contribution in [1.82, 2.24) is 9.80 Å². The van der Waals surface area contributed by atoms with Gasteiger partial charge in [-0.1, -0.05) is 96.9 Å². The van der Waals surface area contributed by atoms with Crippen LogP contribution in [0.25, 0.3) is 0 Å². The van der Waals surface area contributed by atoms with Crippen molar-refractivity contribution in [1.29, 1.82) is 0 Å². The lowest BCUT2D eigenvalue weighted by Crippen LogP contribution is -2.48. The molecular formula is C50H86N2O6. The van der Waals surface area contributed by atoms with Crippen LogP contribution in [0.5, 0.6) is 0 Å². The average molecular weight is 811 g/mol. The molecule has 2 bridgehead atoms. The predicted octanol–water partition coefficient (Wildman–Crippen LogP) is 11.4. The number of hydrogen-bond acceptors (Lipinski definition) is 8. The van der Waals surface area contributed by atoms with Crippen molar-refractivity contribution >= 4 is 17.9 Å². The van der Waals surface area contributed by atoms with E-state index >= 15 is 0 Å². The predicted molar refractivity (Wildman–Crippen MR) is 236 cm³/mol. The van der Waals surface area contributed by atoms with E-state index in [4.69, 9.17) is 14.2 Å². The highest BCUT2D eigenvalue weighted by atomic mass is 16.6. The first-order valence-electron chi connectivity index (χ1n) is 24.3. The van der Waals surface area contributed by atoms with E-state index in [0.717, 1.165) is 96.4 Å². The van der Waals surface area contributed by atoms with Gasteiger partial charge in [0, 0.05) is 18.9 Å². The topological polar surface area (TPSA) is 85.4 Å². The Hall–Kier alpha value is -2.19. The van der Waals surface area contributed by atoms with E-state index in [-0.39, 0.29) is 49.6 Å². The monoisotopic (exact) mass is 811 g/mol. The molecule has 332 valence electrons. The number of likely N-dealkylation sites (tertiary alicyclic amines) is 2. The fourth-order valence-electron chi connectivity index (χ4n) is 10.9. The lowest BCUT2D eigenvalue weighted by molar-refractivity contribution is -0.156. The summed E-state index contributed by atoms with van der Waals surface area (Å²) in [6, 6.07) is 0.617. The third kappa shape index (κ3) is 18.6. The molecule has 2 heterocycles. The van der Waals surface area contributed by atoms with Crippen molar-refractivity contribution < 1.29 is 28.6 Å². The van der Waals surface area contributed by atoms with Crippen LogP contribution >= 0.6 is 0 Å². The molecular weight excluding hydrogens is 725 g/mol. The number of hydrogen-bond donors (Lipinski definition) is 0. The third-order valence-electron chi connectivity index (χ3n) is 14.1. The Morgan fingerprint density at radius 3 is 1.97 bits per heavy atom. The summed E-state index contributed by atoms with van der Waals surface area (Å²) in [5.41, 5.74) is 0.762. The summed E-state index contributed by atoms with van der Waals surface area (Å²) in [6.45, 7) is 15.0. The smallest absolute Gasteiger partial charge is 0.309 e. The van der Waals surface area contributed by atoms with Crippen LogP contribution in [0.2, 0.25) is 0 Å². The number of nitrogens with zero attached hydrogens (tertiary/aromatic N) is 2. The van der Waals surface area contributed by atoms with Gasteiger partial charge in [0.05, 0.1) is 11.8 Å². The molecule has 8 heteroatoms. The van der Waals surface area contributed by atoms with E-state index in [1.165, 1.54) is 89.9 Å². The van der Waals surface area contributed by atoms with Crippen molar-refractivity contribution in [3.05, 3.63) is 24.3 Å². The number of piperidine rings is 2. The number of carbonyl (C=O) groups is 3. The second-order valence-electron chi connectivity index (χ2n) is 19.6. The van der Waals surface area contributed by atoms with Gasteiger partial charge in [0.1, 0.15) is 19.8 Å². The van der Waals surface area contributed by atoms with Crippen LogP contribution in [0.4, 0.5) is 0 Å². The maximum absolute atomic E-state index is 13.3. The maximum Gasteiger partial charge on any atom is 0.309 e. The molecule has 2 aliphatic heterocycles. The molecule has 58 heavy (non-hydrogen) atoms. The van der Waals surface area contributed by atoms with Gasteiger partial charge in [-0.15, -0.1) is 0 Å². The fourth-order valence-corrected chi connectivity index (χ4v) is 10.9. The summed E-state index contributed by atoms with van der Waals surface area (Å²) in [4.78, 5) is 44.1. The van der Waals surface area contributed by atoms with E-state index in [2.05, 4.69) is 61.8 Å². The van der Waals surface area contributed by atoms with Gasteiger partial charge < -0.3 is 24.0 Å². The lowest BCUT2D eigenvalue weighted by atomic mass is 9.54. The van der Waals surface area contributed by atoms with Gasteiger partial charge in [-0.3, -0.25) is 14.4 Å². The molecule has 4 rings (SSSR count). The van der Waals surface area contributed by atoms with Crippen molar-refractivity contribution in [2.45, 2.75) is 194 Å². The summed E-state index contributed by atoms with van der Waals surface area (Å²) >= 11 is 0. The second-order valence-corrected chi connectivity index (χ2v) is 19.6. The quantitative estimate of drug-likeness (QED) is 0.0351. The standard InChI is InChI=1S/C50H86N2O6/c1-5-7-8-9-10-11-12-13-14-15-16-17-18-19-20-24-46(53)56-38-43(39-57-47(54)25-22-31-50(4)37-42-23-21-30-49(3,36-42)41-50)40-58-48(55)44-26-34-52(35-27-44)45-28-32-51(6-2)33-29-45/h10-11,13-14,42-45H,5-9,12,15-41H2,1-4H3/b11-10-,14-13-. The van der Waals surface area contributed by atoms with Crippen LogP contribution in [-0.2, 0) is 28.6 Å². The molecule has 0 aromatic carbocycles. The molecule has 0 spiro atoms. The largest absolute Gasteiger partial charge is 0.465 e. The van der Waals surface area contributed by atoms with Gasteiger partial charge >= 0.3 is 17.9 Å². The van der Waals surface area contributed by atoms with Crippen LogP contribution in [0.1, 0.15) is 188 Å². The third-order valence-corrected chi connectivity index (χ3v) is 14.1. The van der Waals surface area contributed by atoms with Crippen molar-refractivity contribution in [3.63, 3.8) is 0 Å². The van der Waals surface area contributed by atoms with Crippen LogP contribution in [-0.4, -0.2) is 86.3 Å². The Morgan fingerprint density at radius 2 is 1.31 bits per heavy atom. The highest BCUT2D eigenvalue weighted by molar-refractivity contribution is 5.72. The van der Waals surface area contributed by atoms with Crippen LogP contribution < -0.4 is 0 Å². The molecule has 2 saturated heterocycles. The number of rotatable bonds is 27. The highest BCUT2D eigenvalue weighted by Gasteiger charge is 2.45. The van der Waals surface area contributed by atoms with Crippen molar-refractivity contribution in [2.24, 2.45) is 28.6 Å². The van der Waals surface area contributed by atoms with E-state index in [1.54, 1.807) is 0 Å². The van der Waals surface area contributed by atoms with Gasteiger partial charge in [0.25, 0.3) is 0 Å². The number of allylic oxidation sites excluding steroid dienone is 4. The first kappa shape index (κ1) is 48.5. The SMILES string of the molecule is CCCCC/C=C\C/C=C\CCCCCCCC(=O)OCC(COC(=O)CCCC1(C)CC2CCCC(C)(C2)C1)COC(=O)C1CCN(C2CCN(CC)CC2)CC1. The Balaban J connectivity index is 1.13. The first-order chi connectivity index (χ1) is 28.1. The minimum absolute atomic E-state index is 0.0899. The number of ether oxygens (including phenoxy) is 3.